The number of ether oxygens (including phenoxy) is 1. The molecular weight excluding hydrogens is 255 g/mol. The third-order valence-electron chi connectivity index (χ3n) is 4.45. The summed E-state index contributed by atoms with van der Waals surface area (Å²) in [7, 11) is 0. The van der Waals surface area contributed by atoms with Crippen LogP contribution in [0.5, 0.6) is 0 Å². The predicted molar refractivity (Wildman–Crippen MR) is 75.0 cm³/mol. The monoisotopic (exact) mass is 274 g/mol. The zero-order valence-electron chi connectivity index (χ0n) is 11.5. The number of halogens is 1. The Morgan fingerprint density at radius 2 is 2.05 bits per heavy atom. The fraction of sp³-hybridized carbons (Fsp3) is 0.562. The van der Waals surface area contributed by atoms with Crippen LogP contribution in [0.1, 0.15) is 31.2 Å². The first-order valence-corrected chi connectivity index (χ1v) is 7.34. The molecule has 1 atom stereocenters. The van der Waals surface area contributed by atoms with Gasteiger partial charge in [-0.3, -0.25) is 0 Å². The standard InChI is InChI=1S/C16H19FN2O/c17-14-10-12(11-18)3-4-15(14)19-7-5-13(6-8-19)16-2-1-9-20-16/h3-4,10,13,16H,1-2,5-9H2. The average Bonchev–Trinajstić information content (AvgIpc) is 3.01. The summed E-state index contributed by atoms with van der Waals surface area (Å²) in [5.41, 5.74) is 0.996. The lowest BCUT2D eigenvalue weighted by Crippen LogP contribution is -2.38. The fourth-order valence-corrected chi connectivity index (χ4v) is 3.32. The molecule has 3 rings (SSSR count). The number of piperidine rings is 1. The fourth-order valence-electron chi connectivity index (χ4n) is 3.32. The van der Waals surface area contributed by atoms with Gasteiger partial charge in [0.1, 0.15) is 5.82 Å². The van der Waals surface area contributed by atoms with Crippen molar-refractivity contribution >= 4 is 5.69 Å². The second-order valence-corrected chi connectivity index (χ2v) is 5.65. The summed E-state index contributed by atoms with van der Waals surface area (Å²) in [5, 5.41) is 8.78. The summed E-state index contributed by atoms with van der Waals surface area (Å²) in [6.45, 7) is 2.63. The van der Waals surface area contributed by atoms with Crippen molar-refractivity contribution < 1.29 is 9.13 Å². The van der Waals surface area contributed by atoms with Crippen molar-refractivity contribution in [1.29, 1.82) is 5.26 Å². The number of benzene rings is 1. The van der Waals surface area contributed by atoms with Crippen LogP contribution in [0.4, 0.5) is 10.1 Å². The second-order valence-electron chi connectivity index (χ2n) is 5.65. The number of nitriles is 1. The largest absolute Gasteiger partial charge is 0.378 e. The van der Waals surface area contributed by atoms with E-state index in [1.807, 2.05) is 6.07 Å². The highest BCUT2D eigenvalue weighted by atomic mass is 19.1. The SMILES string of the molecule is N#Cc1ccc(N2CCC(C3CCCO3)CC2)c(F)c1. The highest BCUT2D eigenvalue weighted by Gasteiger charge is 2.30. The molecule has 1 aromatic rings. The Morgan fingerprint density at radius 1 is 1.25 bits per heavy atom. The molecule has 0 amide bonds. The van der Waals surface area contributed by atoms with E-state index in [4.69, 9.17) is 10.00 Å². The second kappa shape index (κ2) is 5.80. The molecule has 2 aliphatic rings. The summed E-state index contributed by atoms with van der Waals surface area (Å²) in [6.07, 6.45) is 4.89. The van der Waals surface area contributed by atoms with Crippen LogP contribution in [0, 0.1) is 23.1 Å². The van der Waals surface area contributed by atoms with Gasteiger partial charge in [0, 0.05) is 19.7 Å². The van der Waals surface area contributed by atoms with E-state index in [-0.39, 0.29) is 5.82 Å². The smallest absolute Gasteiger partial charge is 0.147 e. The van der Waals surface area contributed by atoms with Gasteiger partial charge < -0.3 is 9.64 Å². The first-order valence-electron chi connectivity index (χ1n) is 7.34. The van der Waals surface area contributed by atoms with E-state index in [1.54, 1.807) is 12.1 Å². The normalized spacial score (nSPS) is 23.8. The summed E-state index contributed by atoms with van der Waals surface area (Å²) in [5.74, 6) is 0.329. The van der Waals surface area contributed by atoms with Crippen molar-refractivity contribution in [3.63, 3.8) is 0 Å². The Bertz CT molecular complexity index is 512. The molecule has 2 heterocycles. The van der Waals surface area contributed by atoms with Crippen LogP contribution in [-0.2, 0) is 4.74 Å². The van der Waals surface area contributed by atoms with Crippen molar-refractivity contribution in [3.05, 3.63) is 29.6 Å². The first-order chi connectivity index (χ1) is 9.78. The Labute approximate surface area is 119 Å². The van der Waals surface area contributed by atoms with Crippen LogP contribution in [0.3, 0.4) is 0 Å². The molecule has 106 valence electrons. The Hall–Kier alpha value is -1.60. The quantitative estimate of drug-likeness (QED) is 0.831. The maximum atomic E-state index is 14.0. The van der Waals surface area contributed by atoms with Gasteiger partial charge in [-0.15, -0.1) is 0 Å². The van der Waals surface area contributed by atoms with Gasteiger partial charge in [0.2, 0.25) is 0 Å². The molecule has 2 saturated heterocycles. The van der Waals surface area contributed by atoms with E-state index >= 15 is 0 Å². The third kappa shape index (κ3) is 2.64. The Morgan fingerprint density at radius 3 is 2.65 bits per heavy atom. The van der Waals surface area contributed by atoms with Crippen molar-refractivity contribution in [2.75, 3.05) is 24.6 Å². The Balaban J connectivity index is 1.64. The maximum absolute atomic E-state index is 14.0. The minimum Gasteiger partial charge on any atom is -0.378 e. The lowest BCUT2D eigenvalue weighted by atomic mass is 9.89. The van der Waals surface area contributed by atoms with Gasteiger partial charge in [-0.2, -0.15) is 5.26 Å². The number of hydrogen-bond donors (Lipinski definition) is 0. The molecule has 1 aromatic carbocycles. The number of rotatable bonds is 2. The number of anilines is 1. The Kier molecular flexibility index (Phi) is 3.88. The summed E-state index contributed by atoms with van der Waals surface area (Å²) >= 11 is 0. The molecule has 4 heteroatoms. The van der Waals surface area contributed by atoms with Gasteiger partial charge in [0.25, 0.3) is 0 Å². The van der Waals surface area contributed by atoms with Gasteiger partial charge in [-0.25, -0.2) is 4.39 Å². The van der Waals surface area contributed by atoms with Crippen molar-refractivity contribution in [2.24, 2.45) is 5.92 Å². The zero-order valence-corrected chi connectivity index (χ0v) is 11.5. The summed E-state index contributed by atoms with van der Waals surface area (Å²) in [6, 6.07) is 6.70. The third-order valence-corrected chi connectivity index (χ3v) is 4.45. The van der Waals surface area contributed by atoms with Gasteiger partial charge in [0.05, 0.1) is 23.4 Å². The van der Waals surface area contributed by atoms with Crippen LogP contribution in [0.2, 0.25) is 0 Å². The molecule has 1 unspecified atom stereocenters. The lowest BCUT2D eigenvalue weighted by Gasteiger charge is -2.35. The average molecular weight is 274 g/mol. The van der Waals surface area contributed by atoms with Crippen LogP contribution in [0.25, 0.3) is 0 Å². The molecule has 0 saturated carbocycles. The molecule has 0 bridgehead atoms. The predicted octanol–water partition coefficient (Wildman–Crippen LogP) is 3.09. The van der Waals surface area contributed by atoms with E-state index in [2.05, 4.69) is 4.90 Å². The van der Waals surface area contributed by atoms with Gasteiger partial charge >= 0.3 is 0 Å². The van der Waals surface area contributed by atoms with Crippen LogP contribution in [0.15, 0.2) is 18.2 Å². The van der Waals surface area contributed by atoms with Gasteiger partial charge in [0.15, 0.2) is 0 Å². The molecule has 0 aliphatic carbocycles. The molecular formula is C16H19FN2O. The van der Waals surface area contributed by atoms with Crippen LogP contribution >= 0.6 is 0 Å². The van der Waals surface area contributed by atoms with E-state index < -0.39 is 0 Å². The number of nitrogens with zero attached hydrogens (tertiary/aromatic N) is 2. The molecule has 2 aliphatic heterocycles. The first kappa shape index (κ1) is 13.4. The molecule has 20 heavy (non-hydrogen) atoms. The minimum absolute atomic E-state index is 0.292. The number of hydrogen-bond acceptors (Lipinski definition) is 3. The maximum Gasteiger partial charge on any atom is 0.147 e. The van der Waals surface area contributed by atoms with E-state index in [9.17, 15) is 4.39 Å². The molecule has 0 aromatic heterocycles. The topological polar surface area (TPSA) is 36.3 Å². The highest BCUT2D eigenvalue weighted by molar-refractivity contribution is 5.51. The lowest BCUT2D eigenvalue weighted by molar-refractivity contribution is 0.0531. The summed E-state index contributed by atoms with van der Waals surface area (Å²) < 4.78 is 19.8. The van der Waals surface area contributed by atoms with Gasteiger partial charge in [-0.05, 0) is 49.8 Å². The molecule has 0 spiro atoms. The van der Waals surface area contributed by atoms with E-state index in [0.717, 1.165) is 32.5 Å². The van der Waals surface area contributed by atoms with Crippen molar-refractivity contribution in [3.8, 4) is 6.07 Å². The van der Waals surface area contributed by atoms with Gasteiger partial charge in [-0.1, -0.05) is 0 Å². The van der Waals surface area contributed by atoms with Crippen molar-refractivity contribution in [2.45, 2.75) is 31.8 Å². The van der Waals surface area contributed by atoms with Crippen LogP contribution < -0.4 is 4.90 Å². The minimum atomic E-state index is -0.292. The van der Waals surface area contributed by atoms with E-state index in [1.165, 1.54) is 18.9 Å². The summed E-state index contributed by atoms with van der Waals surface area (Å²) in [4.78, 5) is 2.09. The zero-order chi connectivity index (χ0) is 13.9. The van der Waals surface area contributed by atoms with E-state index in [0.29, 0.717) is 23.3 Å². The molecule has 2 fully saturated rings. The molecule has 0 N–H and O–H groups in total. The van der Waals surface area contributed by atoms with Crippen LogP contribution in [-0.4, -0.2) is 25.8 Å². The molecule has 3 nitrogen and oxygen atoms in total. The molecule has 0 radical (unpaired) electrons. The highest BCUT2D eigenvalue weighted by Crippen LogP contribution is 2.31. The van der Waals surface area contributed by atoms with Crippen molar-refractivity contribution in [1.82, 2.24) is 0 Å².